The highest BCUT2D eigenvalue weighted by atomic mass is 19.1. The van der Waals surface area contributed by atoms with Crippen molar-refractivity contribution in [2.75, 3.05) is 13.6 Å². The number of hydrogen-bond donors (Lipinski definition) is 1. The molecule has 0 aromatic heterocycles. The molecule has 0 radical (unpaired) electrons. The molecule has 0 saturated heterocycles. The van der Waals surface area contributed by atoms with Gasteiger partial charge in [-0.3, -0.25) is 4.79 Å². The van der Waals surface area contributed by atoms with Crippen LogP contribution in [0.15, 0.2) is 18.2 Å². The zero-order valence-corrected chi connectivity index (χ0v) is 10.00. The number of hydrogen-bond acceptors (Lipinski definition) is 2. The van der Waals surface area contributed by atoms with Crippen LogP contribution in [0.25, 0.3) is 0 Å². The highest BCUT2D eigenvalue weighted by molar-refractivity contribution is 5.94. The number of likely N-dealkylation sites (N-methyl/N-ethyl adjacent to an activating group) is 1. The standard InChI is InChI=1S/C12H15F2NO2/c1-12(2,17)7-15(3)11(16)10-8(13)5-4-6-9(10)14/h4-6,17H,7H2,1-3H3. The number of rotatable bonds is 3. The second-order valence-corrected chi connectivity index (χ2v) is 4.57. The second-order valence-electron chi connectivity index (χ2n) is 4.57. The molecular formula is C12H15F2NO2. The first-order chi connectivity index (χ1) is 7.72. The van der Waals surface area contributed by atoms with Crippen LogP contribution in [0.3, 0.4) is 0 Å². The van der Waals surface area contributed by atoms with Crippen molar-refractivity contribution in [3.8, 4) is 0 Å². The molecule has 3 nitrogen and oxygen atoms in total. The van der Waals surface area contributed by atoms with Crippen molar-refractivity contribution in [1.29, 1.82) is 0 Å². The number of benzene rings is 1. The van der Waals surface area contributed by atoms with Crippen LogP contribution in [0, 0.1) is 11.6 Å². The Hall–Kier alpha value is -1.49. The van der Waals surface area contributed by atoms with Gasteiger partial charge >= 0.3 is 0 Å². The average molecular weight is 243 g/mol. The molecule has 1 amide bonds. The number of carbonyl (C=O) groups is 1. The van der Waals surface area contributed by atoms with E-state index in [2.05, 4.69) is 0 Å². The number of nitrogens with zero attached hydrogens (tertiary/aromatic N) is 1. The fraction of sp³-hybridized carbons (Fsp3) is 0.417. The Labute approximate surface area is 98.7 Å². The number of halogens is 2. The van der Waals surface area contributed by atoms with Crippen molar-refractivity contribution in [2.45, 2.75) is 19.4 Å². The predicted octanol–water partition coefficient (Wildman–Crippen LogP) is 1.81. The van der Waals surface area contributed by atoms with E-state index in [9.17, 15) is 18.7 Å². The Morgan fingerprint density at radius 2 is 1.82 bits per heavy atom. The monoisotopic (exact) mass is 243 g/mol. The molecule has 17 heavy (non-hydrogen) atoms. The maximum absolute atomic E-state index is 13.3. The van der Waals surface area contributed by atoms with Crippen molar-refractivity contribution in [1.82, 2.24) is 4.90 Å². The summed E-state index contributed by atoms with van der Waals surface area (Å²) in [7, 11) is 1.38. The van der Waals surface area contributed by atoms with E-state index in [0.29, 0.717) is 0 Å². The van der Waals surface area contributed by atoms with Gasteiger partial charge in [0.1, 0.15) is 17.2 Å². The normalized spacial score (nSPS) is 11.4. The van der Waals surface area contributed by atoms with E-state index in [0.717, 1.165) is 17.0 Å². The van der Waals surface area contributed by atoms with Gasteiger partial charge in [0.2, 0.25) is 0 Å². The summed E-state index contributed by atoms with van der Waals surface area (Å²) in [5.74, 6) is -2.60. The molecule has 1 aromatic rings. The highest BCUT2D eigenvalue weighted by Gasteiger charge is 2.24. The summed E-state index contributed by atoms with van der Waals surface area (Å²) >= 11 is 0. The zero-order valence-electron chi connectivity index (χ0n) is 10.00. The van der Waals surface area contributed by atoms with Crippen molar-refractivity contribution in [3.05, 3.63) is 35.4 Å². The van der Waals surface area contributed by atoms with Crippen molar-refractivity contribution < 1.29 is 18.7 Å². The molecule has 1 aromatic carbocycles. The molecule has 0 unspecified atom stereocenters. The van der Waals surface area contributed by atoms with Gasteiger partial charge in [-0.2, -0.15) is 0 Å². The minimum atomic E-state index is -1.12. The van der Waals surface area contributed by atoms with Gasteiger partial charge < -0.3 is 10.0 Å². The van der Waals surface area contributed by atoms with Crippen LogP contribution < -0.4 is 0 Å². The van der Waals surface area contributed by atoms with E-state index in [1.165, 1.54) is 27.0 Å². The van der Waals surface area contributed by atoms with Gasteiger partial charge in [0.25, 0.3) is 5.91 Å². The maximum Gasteiger partial charge on any atom is 0.259 e. The molecule has 5 heteroatoms. The molecule has 0 fully saturated rings. The summed E-state index contributed by atoms with van der Waals surface area (Å²) < 4.78 is 26.7. The van der Waals surface area contributed by atoms with Crippen LogP contribution >= 0.6 is 0 Å². The van der Waals surface area contributed by atoms with E-state index >= 15 is 0 Å². The Morgan fingerprint density at radius 3 is 2.24 bits per heavy atom. The second kappa shape index (κ2) is 4.79. The van der Waals surface area contributed by atoms with Crippen molar-refractivity contribution >= 4 is 5.91 Å². The van der Waals surface area contributed by atoms with Gasteiger partial charge in [-0.1, -0.05) is 6.07 Å². The minimum absolute atomic E-state index is 0.0143. The van der Waals surface area contributed by atoms with Gasteiger partial charge in [0.15, 0.2) is 0 Å². The van der Waals surface area contributed by atoms with Gasteiger partial charge in [-0.05, 0) is 26.0 Å². The first kappa shape index (κ1) is 13.6. The molecule has 0 saturated carbocycles. The molecule has 0 atom stereocenters. The largest absolute Gasteiger partial charge is 0.389 e. The van der Waals surface area contributed by atoms with Gasteiger partial charge in [-0.15, -0.1) is 0 Å². The molecule has 1 N–H and O–H groups in total. The quantitative estimate of drug-likeness (QED) is 0.879. The Kier molecular flexibility index (Phi) is 3.83. The first-order valence-electron chi connectivity index (χ1n) is 5.14. The fourth-order valence-electron chi connectivity index (χ4n) is 1.55. The van der Waals surface area contributed by atoms with Crippen LogP contribution in [0.2, 0.25) is 0 Å². The topological polar surface area (TPSA) is 40.5 Å². The molecule has 94 valence electrons. The maximum atomic E-state index is 13.3. The van der Waals surface area contributed by atoms with Crippen LogP contribution in [-0.4, -0.2) is 35.1 Å². The van der Waals surface area contributed by atoms with E-state index < -0.39 is 28.7 Å². The number of aliphatic hydroxyl groups is 1. The summed E-state index contributed by atoms with van der Waals surface area (Å²) in [4.78, 5) is 12.9. The summed E-state index contributed by atoms with van der Waals surface area (Å²) in [6.07, 6.45) is 0. The van der Waals surface area contributed by atoms with E-state index in [-0.39, 0.29) is 6.54 Å². The van der Waals surface area contributed by atoms with E-state index in [1.54, 1.807) is 0 Å². The fourth-order valence-corrected chi connectivity index (χ4v) is 1.55. The lowest BCUT2D eigenvalue weighted by atomic mass is 10.1. The first-order valence-corrected chi connectivity index (χ1v) is 5.14. The Morgan fingerprint density at radius 1 is 1.35 bits per heavy atom. The lowest BCUT2D eigenvalue weighted by molar-refractivity contribution is 0.0362. The van der Waals surface area contributed by atoms with Gasteiger partial charge in [-0.25, -0.2) is 8.78 Å². The molecule has 0 aliphatic rings. The van der Waals surface area contributed by atoms with Crippen molar-refractivity contribution in [2.24, 2.45) is 0 Å². The average Bonchev–Trinajstić information content (AvgIpc) is 2.14. The van der Waals surface area contributed by atoms with E-state index in [4.69, 9.17) is 0 Å². The van der Waals surface area contributed by atoms with Gasteiger partial charge in [0.05, 0.1) is 5.60 Å². The van der Waals surface area contributed by atoms with Gasteiger partial charge in [0, 0.05) is 13.6 Å². The third-order valence-corrected chi connectivity index (χ3v) is 2.15. The SMILES string of the molecule is CN(CC(C)(C)O)C(=O)c1c(F)cccc1F. The lowest BCUT2D eigenvalue weighted by Gasteiger charge is -2.25. The molecule has 0 spiro atoms. The van der Waals surface area contributed by atoms with E-state index in [1.807, 2.05) is 0 Å². The van der Waals surface area contributed by atoms with Crippen LogP contribution in [-0.2, 0) is 0 Å². The molecule has 0 heterocycles. The van der Waals surface area contributed by atoms with Crippen LogP contribution in [0.1, 0.15) is 24.2 Å². The number of amides is 1. The number of carbonyl (C=O) groups excluding carboxylic acids is 1. The van der Waals surface area contributed by atoms with Crippen LogP contribution in [0.4, 0.5) is 8.78 Å². The smallest absolute Gasteiger partial charge is 0.259 e. The van der Waals surface area contributed by atoms with Crippen LogP contribution in [0.5, 0.6) is 0 Å². The minimum Gasteiger partial charge on any atom is -0.389 e. The third-order valence-electron chi connectivity index (χ3n) is 2.15. The molecule has 1 rings (SSSR count). The summed E-state index contributed by atoms with van der Waals surface area (Å²) in [5, 5.41) is 9.54. The molecule has 0 aliphatic heterocycles. The molecule has 0 bridgehead atoms. The zero-order chi connectivity index (χ0) is 13.2. The Balaban J connectivity index is 2.97. The molecular weight excluding hydrogens is 228 g/mol. The summed E-state index contributed by atoms with van der Waals surface area (Å²) in [6.45, 7) is 3.00. The predicted molar refractivity (Wildman–Crippen MR) is 59.6 cm³/mol. The summed E-state index contributed by atoms with van der Waals surface area (Å²) in [6, 6.07) is 3.24. The van der Waals surface area contributed by atoms with Crippen molar-refractivity contribution in [3.63, 3.8) is 0 Å². The summed E-state index contributed by atoms with van der Waals surface area (Å²) in [5.41, 5.74) is -1.72. The molecule has 0 aliphatic carbocycles. The third kappa shape index (κ3) is 3.49. The Bertz CT molecular complexity index is 407. The highest BCUT2D eigenvalue weighted by Crippen LogP contribution is 2.15. The lowest BCUT2D eigenvalue weighted by Crippen LogP contribution is -2.40.